The van der Waals surface area contributed by atoms with Gasteiger partial charge in [-0.05, 0) is 35.2 Å². The van der Waals surface area contributed by atoms with Gasteiger partial charge in [-0.25, -0.2) is 0 Å². The molecular weight excluding hydrogens is 493 g/mol. The summed E-state index contributed by atoms with van der Waals surface area (Å²) in [5.74, 6) is 1.60. The molecule has 0 aliphatic carbocycles. The minimum atomic E-state index is 0. The number of hydrogen-bond donors (Lipinski definition) is 3. The zero-order valence-corrected chi connectivity index (χ0v) is 19.5. The molecule has 160 valence electrons. The molecule has 0 amide bonds. The van der Waals surface area contributed by atoms with E-state index in [0.717, 1.165) is 12.1 Å². The molecule has 0 atom stereocenters. The molecule has 2 aromatic carbocycles. The Balaban J connectivity index is 0.00000320. The molecular formula is C22H28IN5O2. The maximum absolute atomic E-state index is 10.1. The standard InChI is InChI=1S/C22H27N5O2.HI/c1-23-22(24-12-10-17-8-9-20(29-2)14-21(17)28)25-15-18-6-3-4-7-19(18)16-27-13-5-11-26-27;/h3-9,11,13-14,28H,10,12,15-16H2,1-2H3,(H2,23,24,25);1H. The molecule has 0 aliphatic heterocycles. The third kappa shape index (κ3) is 6.65. The van der Waals surface area contributed by atoms with E-state index in [2.05, 4.69) is 32.9 Å². The highest BCUT2D eigenvalue weighted by Crippen LogP contribution is 2.23. The molecule has 1 heterocycles. The van der Waals surface area contributed by atoms with Crippen LogP contribution in [-0.4, -0.2) is 41.5 Å². The topological polar surface area (TPSA) is 83.7 Å². The molecule has 0 bridgehead atoms. The van der Waals surface area contributed by atoms with Gasteiger partial charge in [-0.1, -0.05) is 30.3 Å². The van der Waals surface area contributed by atoms with E-state index in [1.807, 2.05) is 41.2 Å². The van der Waals surface area contributed by atoms with Gasteiger partial charge in [0.05, 0.1) is 13.7 Å². The molecule has 0 saturated carbocycles. The Kier molecular flexibility index (Phi) is 9.46. The van der Waals surface area contributed by atoms with Crippen molar-refractivity contribution in [1.29, 1.82) is 0 Å². The fourth-order valence-corrected chi connectivity index (χ4v) is 3.05. The van der Waals surface area contributed by atoms with Crippen LogP contribution in [-0.2, 0) is 19.5 Å². The fourth-order valence-electron chi connectivity index (χ4n) is 3.05. The summed E-state index contributed by atoms with van der Waals surface area (Å²) in [7, 11) is 3.33. The van der Waals surface area contributed by atoms with Crippen LogP contribution in [0.2, 0.25) is 0 Å². The van der Waals surface area contributed by atoms with Crippen molar-refractivity contribution in [2.24, 2.45) is 4.99 Å². The van der Waals surface area contributed by atoms with Crippen molar-refractivity contribution < 1.29 is 9.84 Å². The van der Waals surface area contributed by atoms with Crippen LogP contribution < -0.4 is 15.4 Å². The van der Waals surface area contributed by atoms with Crippen molar-refractivity contribution >= 4 is 29.9 Å². The molecule has 0 fully saturated rings. The molecule has 0 spiro atoms. The zero-order valence-electron chi connectivity index (χ0n) is 17.2. The van der Waals surface area contributed by atoms with Crippen LogP contribution >= 0.6 is 24.0 Å². The first-order valence-electron chi connectivity index (χ1n) is 9.54. The quantitative estimate of drug-likeness (QED) is 0.241. The fraction of sp³-hybridized carbons (Fsp3) is 0.273. The molecule has 7 nitrogen and oxygen atoms in total. The average Bonchev–Trinajstić information content (AvgIpc) is 3.25. The van der Waals surface area contributed by atoms with Crippen LogP contribution in [0.5, 0.6) is 11.5 Å². The normalized spacial score (nSPS) is 10.9. The summed E-state index contributed by atoms with van der Waals surface area (Å²) < 4.78 is 7.03. The van der Waals surface area contributed by atoms with Crippen molar-refractivity contribution in [3.05, 3.63) is 77.6 Å². The first-order chi connectivity index (χ1) is 14.2. The van der Waals surface area contributed by atoms with Crippen molar-refractivity contribution in [3.8, 4) is 11.5 Å². The molecule has 3 rings (SSSR count). The second-order valence-electron chi connectivity index (χ2n) is 6.57. The van der Waals surface area contributed by atoms with E-state index in [9.17, 15) is 5.11 Å². The lowest BCUT2D eigenvalue weighted by Gasteiger charge is -2.15. The minimum Gasteiger partial charge on any atom is -0.508 e. The highest BCUT2D eigenvalue weighted by Gasteiger charge is 2.06. The Hall–Kier alpha value is -2.75. The minimum absolute atomic E-state index is 0. The Morgan fingerprint density at radius 3 is 2.57 bits per heavy atom. The summed E-state index contributed by atoms with van der Waals surface area (Å²) in [6.07, 6.45) is 4.42. The van der Waals surface area contributed by atoms with Crippen LogP contribution in [0.25, 0.3) is 0 Å². The van der Waals surface area contributed by atoms with Crippen molar-refractivity contribution in [3.63, 3.8) is 0 Å². The number of nitrogens with one attached hydrogen (secondary N) is 2. The van der Waals surface area contributed by atoms with Crippen LogP contribution in [0.1, 0.15) is 16.7 Å². The van der Waals surface area contributed by atoms with Gasteiger partial charge in [0.1, 0.15) is 11.5 Å². The van der Waals surface area contributed by atoms with Gasteiger partial charge >= 0.3 is 0 Å². The number of aromatic nitrogens is 2. The smallest absolute Gasteiger partial charge is 0.191 e. The number of rotatable bonds is 8. The molecule has 1 aromatic heterocycles. The molecule has 8 heteroatoms. The number of phenols is 1. The lowest BCUT2D eigenvalue weighted by molar-refractivity contribution is 0.406. The largest absolute Gasteiger partial charge is 0.508 e. The van der Waals surface area contributed by atoms with Crippen LogP contribution in [0, 0.1) is 0 Å². The number of phenolic OH excluding ortho intramolecular Hbond substituents is 1. The van der Waals surface area contributed by atoms with Gasteiger partial charge < -0.3 is 20.5 Å². The maximum atomic E-state index is 10.1. The van der Waals surface area contributed by atoms with E-state index in [1.165, 1.54) is 11.1 Å². The van der Waals surface area contributed by atoms with Gasteiger partial charge in [0.15, 0.2) is 5.96 Å². The van der Waals surface area contributed by atoms with E-state index in [1.54, 1.807) is 26.4 Å². The number of nitrogens with zero attached hydrogens (tertiary/aromatic N) is 3. The van der Waals surface area contributed by atoms with E-state index in [0.29, 0.717) is 31.2 Å². The lowest BCUT2D eigenvalue weighted by Crippen LogP contribution is -2.38. The highest BCUT2D eigenvalue weighted by atomic mass is 127. The van der Waals surface area contributed by atoms with E-state index in [4.69, 9.17) is 4.74 Å². The van der Waals surface area contributed by atoms with Gasteiger partial charge in [0.25, 0.3) is 0 Å². The highest BCUT2D eigenvalue weighted by molar-refractivity contribution is 14.0. The maximum Gasteiger partial charge on any atom is 0.191 e. The third-order valence-corrected chi connectivity index (χ3v) is 4.66. The van der Waals surface area contributed by atoms with Crippen molar-refractivity contribution in [2.75, 3.05) is 20.7 Å². The number of hydrogen-bond acceptors (Lipinski definition) is 4. The van der Waals surface area contributed by atoms with Gasteiger partial charge in [-0.3, -0.25) is 9.67 Å². The predicted molar refractivity (Wildman–Crippen MR) is 130 cm³/mol. The number of halogens is 1. The summed E-state index contributed by atoms with van der Waals surface area (Å²) in [4.78, 5) is 4.28. The van der Waals surface area contributed by atoms with E-state index in [-0.39, 0.29) is 29.7 Å². The first kappa shape index (κ1) is 23.5. The Morgan fingerprint density at radius 2 is 1.90 bits per heavy atom. The second kappa shape index (κ2) is 12.1. The Morgan fingerprint density at radius 1 is 1.10 bits per heavy atom. The molecule has 0 aliphatic rings. The number of aliphatic imine (C=N–C) groups is 1. The van der Waals surface area contributed by atoms with Crippen LogP contribution in [0.3, 0.4) is 0 Å². The summed E-state index contributed by atoms with van der Waals surface area (Å²) in [6.45, 7) is 2.03. The lowest BCUT2D eigenvalue weighted by atomic mass is 10.1. The van der Waals surface area contributed by atoms with Gasteiger partial charge in [0.2, 0.25) is 0 Å². The van der Waals surface area contributed by atoms with Crippen LogP contribution in [0.15, 0.2) is 65.9 Å². The SMILES string of the molecule is CN=C(NCCc1ccc(OC)cc1O)NCc1ccccc1Cn1cccn1.I. The molecule has 30 heavy (non-hydrogen) atoms. The van der Waals surface area contributed by atoms with E-state index < -0.39 is 0 Å². The van der Waals surface area contributed by atoms with Crippen molar-refractivity contribution in [2.45, 2.75) is 19.5 Å². The monoisotopic (exact) mass is 521 g/mol. The number of aromatic hydroxyl groups is 1. The Labute approximate surface area is 194 Å². The molecule has 3 aromatic rings. The van der Waals surface area contributed by atoms with Gasteiger partial charge in [-0.15, -0.1) is 24.0 Å². The summed E-state index contributed by atoms with van der Waals surface area (Å²) in [5, 5.41) is 21.0. The second-order valence-corrected chi connectivity index (χ2v) is 6.57. The average molecular weight is 521 g/mol. The molecule has 0 saturated heterocycles. The van der Waals surface area contributed by atoms with E-state index >= 15 is 0 Å². The number of benzene rings is 2. The molecule has 0 unspecified atom stereocenters. The number of guanidine groups is 1. The molecule has 3 N–H and O–H groups in total. The summed E-state index contributed by atoms with van der Waals surface area (Å²) in [6, 6.07) is 15.6. The van der Waals surface area contributed by atoms with Crippen molar-refractivity contribution in [1.82, 2.24) is 20.4 Å². The van der Waals surface area contributed by atoms with Gasteiger partial charge in [0, 0.05) is 38.6 Å². The third-order valence-electron chi connectivity index (χ3n) is 4.66. The molecule has 0 radical (unpaired) electrons. The predicted octanol–water partition coefficient (Wildman–Crippen LogP) is 3.17. The van der Waals surface area contributed by atoms with Gasteiger partial charge in [-0.2, -0.15) is 5.10 Å². The summed E-state index contributed by atoms with van der Waals surface area (Å²) in [5.41, 5.74) is 3.26. The number of ether oxygens (including phenoxy) is 1. The first-order valence-corrected chi connectivity index (χ1v) is 9.54. The zero-order chi connectivity index (χ0) is 20.5. The summed E-state index contributed by atoms with van der Waals surface area (Å²) >= 11 is 0. The number of methoxy groups -OCH3 is 1. The van der Waals surface area contributed by atoms with Crippen LogP contribution in [0.4, 0.5) is 0 Å². The Bertz CT molecular complexity index is 944.